The van der Waals surface area contributed by atoms with Crippen molar-refractivity contribution in [2.75, 3.05) is 5.32 Å². The fraction of sp³-hybridized carbons (Fsp3) is 0.111. The number of alkyl halides is 3. The molecule has 1 aliphatic heterocycles. The third-order valence-corrected chi connectivity index (χ3v) is 4.39. The molecule has 26 heavy (non-hydrogen) atoms. The fourth-order valence-corrected chi connectivity index (χ4v) is 2.96. The first-order chi connectivity index (χ1) is 12.4. The minimum absolute atomic E-state index is 0.247. The van der Waals surface area contributed by atoms with Crippen LogP contribution in [0.5, 0.6) is 0 Å². The van der Waals surface area contributed by atoms with Crippen LogP contribution in [-0.2, 0) is 6.18 Å². The molecule has 8 heteroatoms. The number of hydrogen-bond acceptors (Lipinski definition) is 3. The van der Waals surface area contributed by atoms with Crippen LogP contribution < -0.4 is 5.32 Å². The lowest BCUT2D eigenvalue weighted by molar-refractivity contribution is -0.137. The Kier molecular flexibility index (Phi) is 3.96. The first-order valence-corrected chi connectivity index (χ1v) is 8.11. The molecule has 0 saturated heterocycles. The van der Waals surface area contributed by atoms with E-state index in [2.05, 4.69) is 15.4 Å². The van der Waals surface area contributed by atoms with E-state index < -0.39 is 11.7 Å². The van der Waals surface area contributed by atoms with Gasteiger partial charge in [-0.3, -0.25) is 0 Å². The summed E-state index contributed by atoms with van der Waals surface area (Å²) in [6.07, 6.45) is -1.04. The van der Waals surface area contributed by atoms with Crippen molar-refractivity contribution in [1.82, 2.24) is 14.8 Å². The number of nitrogens with zero attached hydrogens (tertiary/aromatic N) is 3. The zero-order chi connectivity index (χ0) is 18.3. The molecule has 4 rings (SSSR count). The molecule has 0 radical (unpaired) electrons. The van der Waals surface area contributed by atoms with Gasteiger partial charge in [0.25, 0.3) is 0 Å². The second-order valence-electron chi connectivity index (χ2n) is 5.81. The number of anilines is 1. The minimum atomic E-state index is -4.36. The molecule has 0 aliphatic carbocycles. The second kappa shape index (κ2) is 6.17. The van der Waals surface area contributed by atoms with Gasteiger partial charge >= 0.3 is 6.18 Å². The highest BCUT2D eigenvalue weighted by Gasteiger charge is 2.30. The molecule has 1 aromatic heterocycles. The molecule has 1 N–H and O–H groups in total. The van der Waals surface area contributed by atoms with Gasteiger partial charge in [-0.15, -0.1) is 0 Å². The van der Waals surface area contributed by atoms with E-state index in [1.54, 1.807) is 16.8 Å². The van der Waals surface area contributed by atoms with E-state index in [0.29, 0.717) is 22.2 Å². The van der Waals surface area contributed by atoms with Gasteiger partial charge in [0, 0.05) is 10.7 Å². The van der Waals surface area contributed by atoms with E-state index >= 15 is 0 Å². The predicted molar refractivity (Wildman–Crippen MR) is 92.7 cm³/mol. The van der Waals surface area contributed by atoms with Crippen molar-refractivity contribution in [2.24, 2.45) is 0 Å². The molecule has 4 nitrogen and oxygen atoms in total. The lowest BCUT2D eigenvalue weighted by Gasteiger charge is -2.24. The molecule has 2 heterocycles. The average molecular weight is 377 g/mol. The van der Waals surface area contributed by atoms with E-state index in [0.717, 1.165) is 17.7 Å². The smallest absolute Gasteiger partial charge is 0.324 e. The molecular weight excluding hydrogens is 365 g/mol. The predicted octanol–water partition coefficient (Wildman–Crippen LogP) is 5.01. The number of fused-ring (bicyclic) bond motifs is 1. The standard InChI is InChI=1S/C18H12ClF3N4/c19-14-7-3-12(4-8-14)16-9-15(25-17-23-10-24-26(16)17)11-1-5-13(6-2-11)18(20,21)22/h1-10,16H,(H,23,24,25). The van der Waals surface area contributed by atoms with Crippen LogP contribution in [-0.4, -0.2) is 14.8 Å². The van der Waals surface area contributed by atoms with E-state index in [1.807, 2.05) is 18.2 Å². The average Bonchev–Trinajstić information content (AvgIpc) is 3.10. The Labute approximate surface area is 151 Å². The lowest BCUT2D eigenvalue weighted by Crippen LogP contribution is -2.20. The molecule has 132 valence electrons. The number of aromatic nitrogens is 3. The molecule has 2 aromatic carbocycles. The second-order valence-corrected chi connectivity index (χ2v) is 6.24. The summed E-state index contributed by atoms with van der Waals surface area (Å²) in [4.78, 5) is 4.18. The number of allylic oxidation sites excluding steroid dienone is 1. The fourth-order valence-electron chi connectivity index (χ4n) is 2.84. The van der Waals surface area contributed by atoms with Crippen LogP contribution >= 0.6 is 11.6 Å². The number of halogens is 4. The van der Waals surface area contributed by atoms with Crippen molar-refractivity contribution < 1.29 is 13.2 Å². The van der Waals surface area contributed by atoms with E-state index in [-0.39, 0.29) is 6.04 Å². The number of hydrogen-bond donors (Lipinski definition) is 1. The van der Waals surface area contributed by atoms with Crippen LogP contribution in [0.3, 0.4) is 0 Å². The van der Waals surface area contributed by atoms with Crippen LogP contribution in [0.15, 0.2) is 60.9 Å². The summed E-state index contributed by atoms with van der Waals surface area (Å²) >= 11 is 5.95. The third kappa shape index (κ3) is 3.06. The van der Waals surface area contributed by atoms with Crippen molar-refractivity contribution in [3.63, 3.8) is 0 Å². The summed E-state index contributed by atoms with van der Waals surface area (Å²) < 4.78 is 40.0. The molecular formula is C18H12ClF3N4. The largest absolute Gasteiger partial charge is 0.416 e. The number of benzene rings is 2. The van der Waals surface area contributed by atoms with Gasteiger partial charge in [-0.25, -0.2) is 4.68 Å². The third-order valence-electron chi connectivity index (χ3n) is 4.14. The topological polar surface area (TPSA) is 42.7 Å². The molecule has 1 aliphatic rings. The van der Waals surface area contributed by atoms with Crippen molar-refractivity contribution in [3.8, 4) is 0 Å². The quantitative estimate of drug-likeness (QED) is 0.684. The Balaban J connectivity index is 1.73. The van der Waals surface area contributed by atoms with Crippen LogP contribution in [0.2, 0.25) is 5.02 Å². The summed E-state index contributed by atoms with van der Waals surface area (Å²) in [6, 6.07) is 12.1. The van der Waals surface area contributed by atoms with Gasteiger partial charge < -0.3 is 5.32 Å². The molecule has 3 aromatic rings. The summed E-state index contributed by atoms with van der Waals surface area (Å²) in [6.45, 7) is 0. The summed E-state index contributed by atoms with van der Waals surface area (Å²) in [5, 5.41) is 7.95. The Bertz CT molecular complexity index is 959. The van der Waals surface area contributed by atoms with Gasteiger partial charge in [-0.05, 0) is 41.5 Å². The maximum Gasteiger partial charge on any atom is 0.416 e. The van der Waals surface area contributed by atoms with Gasteiger partial charge in [-0.1, -0.05) is 35.9 Å². The lowest BCUT2D eigenvalue weighted by atomic mass is 10.0. The molecule has 1 atom stereocenters. The van der Waals surface area contributed by atoms with Crippen molar-refractivity contribution in [3.05, 3.63) is 82.6 Å². The SMILES string of the molecule is FC(F)(F)c1ccc(C2=CC(c3ccc(Cl)cc3)n3ncnc3N2)cc1. The highest BCUT2D eigenvalue weighted by atomic mass is 35.5. The molecule has 0 bridgehead atoms. The van der Waals surface area contributed by atoms with Gasteiger partial charge in [0.1, 0.15) is 12.4 Å². The molecule has 0 spiro atoms. The van der Waals surface area contributed by atoms with Crippen molar-refractivity contribution in [1.29, 1.82) is 0 Å². The Hall–Kier alpha value is -2.80. The minimum Gasteiger partial charge on any atom is -0.324 e. The first kappa shape index (κ1) is 16.7. The first-order valence-electron chi connectivity index (χ1n) is 7.73. The summed E-state index contributed by atoms with van der Waals surface area (Å²) in [7, 11) is 0. The molecule has 1 unspecified atom stereocenters. The van der Waals surface area contributed by atoms with Crippen molar-refractivity contribution in [2.45, 2.75) is 12.2 Å². The van der Waals surface area contributed by atoms with Crippen LogP contribution in [0.25, 0.3) is 5.70 Å². The summed E-state index contributed by atoms with van der Waals surface area (Å²) in [5.74, 6) is 0.516. The highest BCUT2D eigenvalue weighted by molar-refractivity contribution is 6.30. The zero-order valence-corrected chi connectivity index (χ0v) is 14.0. The zero-order valence-electron chi connectivity index (χ0n) is 13.2. The normalized spacial score (nSPS) is 16.6. The van der Waals surface area contributed by atoms with Crippen LogP contribution in [0.1, 0.15) is 22.7 Å². The van der Waals surface area contributed by atoms with E-state index in [4.69, 9.17) is 11.6 Å². The van der Waals surface area contributed by atoms with Crippen LogP contribution in [0.4, 0.5) is 19.1 Å². The summed E-state index contributed by atoms with van der Waals surface area (Å²) in [5.41, 5.74) is 1.55. The van der Waals surface area contributed by atoms with Gasteiger partial charge in [-0.2, -0.15) is 23.3 Å². The van der Waals surface area contributed by atoms with Gasteiger partial charge in [0.15, 0.2) is 0 Å². The maximum absolute atomic E-state index is 12.8. The van der Waals surface area contributed by atoms with Gasteiger partial charge in [0.05, 0.1) is 5.56 Å². The number of rotatable bonds is 2. The van der Waals surface area contributed by atoms with Crippen molar-refractivity contribution >= 4 is 23.2 Å². The number of nitrogens with one attached hydrogen (secondary N) is 1. The highest BCUT2D eigenvalue weighted by Crippen LogP contribution is 2.34. The Morgan fingerprint density at radius 3 is 2.35 bits per heavy atom. The Morgan fingerprint density at radius 1 is 1.00 bits per heavy atom. The molecule has 0 fully saturated rings. The van der Waals surface area contributed by atoms with Crippen LogP contribution in [0, 0.1) is 0 Å². The maximum atomic E-state index is 12.8. The van der Waals surface area contributed by atoms with Gasteiger partial charge in [0.2, 0.25) is 5.95 Å². The monoisotopic (exact) mass is 376 g/mol. The molecule has 0 amide bonds. The van der Waals surface area contributed by atoms with E-state index in [9.17, 15) is 13.2 Å². The van der Waals surface area contributed by atoms with E-state index in [1.165, 1.54) is 18.5 Å². The molecule has 0 saturated carbocycles. The Morgan fingerprint density at radius 2 is 1.69 bits per heavy atom.